The molecule has 0 aliphatic rings. The van der Waals surface area contributed by atoms with E-state index in [2.05, 4.69) is 9.47 Å². The average Bonchev–Trinajstić information content (AvgIpc) is 2.04. The number of rotatable bonds is 4. The second-order valence-electron chi connectivity index (χ2n) is 1.53. The molecular weight excluding hydrogens is 164 g/mol. The molecule has 0 aromatic heterocycles. The van der Waals surface area contributed by atoms with Gasteiger partial charge in [0.25, 0.3) is 0 Å². The molecule has 0 aliphatic carbocycles. The summed E-state index contributed by atoms with van der Waals surface area (Å²) in [5.74, 6) is -4.13. The van der Waals surface area contributed by atoms with Crippen LogP contribution in [0.15, 0.2) is 0 Å². The fourth-order valence-electron chi connectivity index (χ4n) is 0.366. The van der Waals surface area contributed by atoms with Crippen molar-refractivity contribution in [2.24, 2.45) is 0 Å². The molecule has 0 fully saturated rings. The van der Waals surface area contributed by atoms with Crippen molar-refractivity contribution in [1.82, 2.24) is 0 Å². The molecule has 0 rings (SSSR count). The van der Waals surface area contributed by atoms with Gasteiger partial charge in [-0.1, -0.05) is 0 Å². The molecule has 0 heterocycles. The smallest absolute Gasteiger partial charge is 0.386 e. The summed E-state index contributed by atoms with van der Waals surface area (Å²) in [7, 11) is 0. The summed E-state index contributed by atoms with van der Waals surface area (Å²) in [6, 6.07) is 0. The maximum Gasteiger partial charge on any atom is 0.386 e. The average molecular weight is 170 g/mol. The molecule has 64 valence electrons. The Kier molecular flexibility index (Phi) is 4.67. The molecule has 4 radical (unpaired) electrons. The van der Waals surface area contributed by atoms with Crippen molar-refractivity contribution >= 4 is 17.7 Å². The summed E-state index contributed by atoms with van der Waals surface area (Å²) in [4.78, 5) is 31.5. The minimum Gasteiger partial charge on any atom is -0.459 e. The van der Waals surface area contributed by atoms with Crippen LogP contribution in [0.4, 0.5) is 0 Å². The van der Waals surface area contributed by atoms with Crippen molar-refractivity contribution < 1.29 is 23.9 Å². The minimum atomic E-state index is -1.43. The van der Waals surface area contributed by atoms with Crippen LogP contribution < -0.4 is 0 Å². The van der Waals surface area contributed by atoms with Crippen LogP contribution in [0.25, 0.3) is 0 Å². The third kappa shape index (κ3) is 3.14. The summed E-state index contributed by atoms with van der Waals surface area (Å²) in [6.45, 7) is 8.59. The van der Waals surface area contributed by atoms with Gasteiger partial charge in [0.2, 0.25) is 0 Å². The van der Waals surface area contributed by atoms with Crippen molar-refractivity contribution in [3.05, 3.63) is 13.8 Å². The highest BCUT2D eigenvalue weighted by Crippen LogP contribution is 1.85. The molecule has 12 heavy (non-hydrogen) atoms. The van der Waals surface area contributed by atoms with Crippen LogP contribution in [0.3, 0.4) is 0 Å². The first-order valence-electron chi connectivity index (χ1n) is 2.91. The molecule has 0 spiro atoms. The first-order valence-corrected chi connectivity index (χ1v) is 2.91. The number of ether oxygens (including phenoxy) is 2. The zero-order valence-electron chi connectivity index (χ0n) is 6.11. The fourth-order valence-corrected chi connectivity index (χ4v) is 0.366. The maximum absolute atomic E-state index is 10.6. The maximum atomic E-state index is 10.6. The quantitative estimate of drug-likeness (QED) is 0.309. The van der Waals surface area contributed by atoms with Gasteiger partial charge in [-0.15, -0.1) is 0 Å². The molecule has 0 aromatic carbocycles. The summed E-state index contributed by atoms with van der Waals surface area (Å²) in [5.41, 5.74) is 0. The van der Waals surface area contributed by atoms with E-state index in [4.69, 9.17) is 13.8 Å². The topological polar surface area (TPSA) is 69.7 Å². The molecule has 0 bridgehead atoms. The van der Waals surface area contributed by atoms with Crippen LogP contribution >= 0.6 is 0 Å². The van der Waals surface area contributed by atoms with E-state index >= 15 is 0 Å². The van der Waals surface area contributed by atoms with E-state index in [1.165, 1.54) is 0 Å². The summed E-state index contributed by atoms with van der Waals surface area (Å²) >= 11 is 0. The largest absolute Gasteiger partial charge is 0.459 e. The number of carbonyl (C=O) groups excluding carboxylic acids is 3. The van der Waals surface area contributed by atoms with Gasteiger partial charge in [-0.3, -0.25) is 4.79 Å². The highest BCUT2D eigenvalue weighted by atomic mass is 16.6. The molecule has 0 N–H and O–H groups in total. The third-order valence-corrected chi connectivity index (χ3v) is 0.800. The lowest BCUT2D eigenvalue weighted by Gasteiger charge is -1.99. The van der Waals surface area contributed by atoms with Gasteiger partial charge in [-0.25, -0.2) is 9.59 Å². The number of Topliss-reactive ketones (excluding diaryl/α,β-unsaturated/α-hetero) is 1. The lowest BCUT2D eigenvalue weighted by atomic mass is 10.4. The van der Waals surface area contributed by atoms with E-state index in [1.54, 1.807) is 0 Å². The molecule has 5 nitrogen and oxygen atoms in total. The van der Waals surface area contributed by atoms with E-state index in [-0.39, 0.29) is 0 Å². The fraction of sp³-hybridized carbons (Fsp3) is 0.286. The van der Waals surface area contributed by atoms with Crippen LogP contribution in [-0.4, -0.2) is 30.9 Å². The number of esters is 2. The van der Waals surface area contributed by atoms with Gasteiger partial charge >= 0.3 is 17.7 Å². The van der Waals surface area contributed by atoms with E-state index in [1.807, 2.05) is 0 Å². The predicted octanol–water partition coefficient (Wildman–Crippen LogP) is -0.936. The van der Waals surface area contributed by atoms with E-state index in [0.717, 1.165) is 0 Å². The van der Waals surface area contributed by atoms with Gasteiger partial charge < -0.3 is 9.47 Å². The second kappa shape index (κ2) is 5.29. The molecular formula is C7H6O5. The first kappa shape index (κ1) is 10.6. The van der Waals surface area contributed by atoms with Crippen LogP contribution in [0.1, 0.15) is 0 Å². The van der Waals surface area contributed by atoms with Gasteiger partial charge in [0.15, 0.2) is 0 Å². The Hall–Kier alpha value is -1.39. The number of hydrogen-bond donors (Lipinski definition) is 0. The highest BCUT2D eigenvalue weighted by Gasteiger charge is 2.25. The molecule has 0 aromatic rings. The zero-order chi connectivity index (χ0) is 9.56. The minimum absolute atomic E-state index is 0.472. The second-order valence-corrected chi connectivity index (χ2v) is 1.53. The molecule has 5 heteroatoms. The molecule has 0 saturated heterocycles. The Labute approximate surface area is 69.6 Å². The Balaban J connectivity index is 4.01. The van der Waals surface area contributed by atoms with E-state index in [0.29, 0.717) is 0 Å². The first-order chi connectivity index (χ1) is 5.63. The van der Waals surface area contributed by atoms with Crippen molar-refractivity contribution in [2.45, 2.75) is 0 Å². The number of hydrogen-bond acceptors (Lipinski definition) is 5. The van der Waals surface area contributed by atoms with Gasteiger partial charge in [0.05, 0.1) is 13.2 Å². The number of ketones is 1. The lowest BCUT2D eigenvalue weighted by molar-refractivity contribution is -0.163. The van der Waals surface area contributed by atoms with Crippen molar-refractivity contribution in [2.75, 3.05) is 13.2 Å². The van der Waals surface area contributed by atoms with E-state index in [9.17, 15) is 14.4 Å². The van der Waals surface area contributed by atoms with Gasteiger partial charge in [0.1, 0.15) is 0 Å². The molecule has 0 unspecified atom stereocenters. The van der Waals surface area contributed by atoms with Gasteiger partial charge in [0, 0.05) is 13.8 Å². The normalized spacial score (nSPS) is 8.83. The molecule has 0 atom stereocenters. The lowest BCUT2D eigenvalue weighted by Crippen LogP contribution is -2.27. The monoisotopic (exact) mass is 170 g/mol. The molecule has 0 amide bonds. The van der Waals surface area contributed by atoms with Crippen molar-refractivity contribution in [3.63, 3.8) is 0 Å². The number of carbonyl (C=O) groups is 3. The van der Waals surface area contributed by atoms with Crippen molar-refractivity contribution in [3.8, 4) is 0 Å². The Morgan fingerprint density at radius 3 is 1.50 bits per heavy atom. The van der Waals surface area contributed by atoms with E-state index < -0.39 is 30.9 Å². The summed E-state index contributed by atoms with van der Waals surface area (Å²) in [6.07, 6.45) is 0. The zero-order valence-corrected chi connectivity index (χ0v) is 6.11. The van der Waals surface area contributed by atoms with Gasteiger partial charge in [-0.05, 0) is 0 Å². The summed E-state index contributed by atoms with van der Waals surface area (Å²) < 4.78 is 8.04. The Bertz CT molecular complexity index is 176. The SMILES string of the molecule is [CH]COC(=O)C(=O)C(=O)OC[CH]. The van der Waals surface area contributed by atoms with Crippen LogP contribution in [0.2, 0.25) is 0 Å². The molecule has 0 aliphatic heterocycles. The Morgan fingerprint density at radius 1 is 0.917 bits per heavy atom. The van der Waals surface area contributed by atoms with Crippen LogP contribution in [0, 0.1) is 13.8 Å². The predicted molar refractivity (Wildman–Crippen MR) is 35.5 cm³/mol. The van der Waals surface area contributed by atoms with Crippen LogP contribution in [0.5, 0.6) is 0 Å². The Morgan fingerprint density at radius 2 is 1.25 bits per heavy atom. The van der Waals surface area contributed by atoms with Crippen LogP contribution in [-0.2, 0) is 23.9 Å². The van der Waals surface area contributed by atoms with Crippen molar-refractivity contribution in [1.29, 1.82) is 0 Å². The standard InChI is InChI=1S/C7H6O5/c1-3-11-6(9)5(8)7(10)12-4-2/h1-2H,3-4H2. The molecule has 0 saturated carbocycles. The van der Waals surface area contributed by atoms with Gasteiger partial charge in [-0.2, -0.15) is 0 Å². The summed E-state index contributed by atoms with van der Waals surface area (Å²) in [5, 5.41) is 0. The highest BCUT2D eigenvalue weighted by molar-refractivity contribution is 6.60. The third-order valence-electron chi connectivity index (χ3n) is 0.800.